The molecule has 24 heavy (non-hydrogen) atoms. The van der Waals surface area contributed by atoms with Gasteiger partial charge in [0.05, 0.1) is 11.5 Å². The van der Waals surface area contributed by atoms with Crippen molar-refractivity contribution in [1.82, 2.24) is 4.90 Å². The van der Waals surface area contributed by atoms with E-state index in [0.29, 0.717) is 0 Å². The first-order valence-electron chi connectivity index (χ1n) is 7.28. The van der Waals surface area contributed by atoms with Gasteiger partial charge in [0, 0.05) is 18.1 Å². The molecule has 0 aliphatic heterocycles. The number of nitro groups is 1. The second kappa shape index (κ2) is 7.79. The highest BCUT2D eigenvalue weighted by Gasteiger charge is 2.23. The Morgan fingerprint density at radius 2 is 2.00 bits per heavy atom. The molecule has 0 radical (unpaired) electrons. The zero-order valence-electron chi connectivity index (χ0n) is 13.4. The van der Waals surface area contributed by atoms with E-state index in [4.69, 9.17) is 16.3 Å². The van der Waals surface area contributed by atoms with Crippen molar-refractivity contribution in [3.05, 3.63) is 68.7 Å². The van der Waals surface area contributed by atoms with Crippen LogP contribution in [0.1, 0.15) is 15.9 Å². The van der Waals surface area contributed by atoms with E-state index < -0.39 is 10.8 Å². The van der Waals surface area contributed by atoms with Crippen LogP contribution in [0.3, 0.4) is 0 Å². The van der Waals surface area contributed by atoms with Gasteiger partial charge in [0.15, 0.2) is 0 Å². The van der Waals surface area contributed by atoms with Crippen molar-refractivity contribution in [2.45, 2.75) is 6.92 Å². The summed E-state index contributed by atoms with van der Waals surface area (Å²) in [4.78, 5) is 24.3. The number of likely N-dealkylation sites (N-methyl/N-ethyl adjacent to an activating group) is 1. The van der Waals surface area contributed by atoms with Gasteiger partial charge in [-0.25, -0.2) is 0 Å². The molecule has 0 bridgehead atoms. The van der Waals surface area contributed by atoms with E-state index in [1.54, 1.807) is 7.05 Å². The second-order valence-corrected chi connectivity index (χ2v) is 5.70. The Balaban J connectivity index is 2.04. The van der Waals surface area contributed by atoms with Gasteiger partial charge < -0.3 is 9.64 Å². The number of nitrogens with zero attached hydrogens (tertiary/aromatic N) is 2. The number of para-hydroxylation sites is 1. The third kappa shape index (κ3) is 4.23. The molecule has 0 aliphatic rings. The molecular formula is C17H17ClN2O4. The first kappa shape index (κ1) is 17.7. The minimum Gasteiger partial charge on any atom is -0.491 e. The first-order chi connectivity index (χ1) is 11.4. The maximum atomic E-state index is 12.4. The first-order valence-corrected chi connectivity index (χ1v) is 7.66. The second-order valence-electron chi connectivity index (χ2n) is 5.26. The fourth-order valence-corrected chi connectivity index (χ4v) is 2.33. The van der Waals surface area contributed by atoms with Crippen molar-refractivity contribution in [3.8, 4) is 5.75 Å². The number of amides is 1. The number of benzene rings is 2. The molecule has 2 aromatic rings. The van der Waals surface area contributed by atoms with E-state index in [0.717, 1.165) is 11.3 Å². The van der Waals surface area contributed by atoms with Gasteiger partial charge in [0.2, 0.25) is 0 Å². The van der Waals surface area contributed by atoms with Crippen LogP contribution in [-0.2, 0) is 0 Å². The number of carbonyl (C=O) groups is 1. The lowest BCUT2D eigenvalue weighted by Crippen LogP contribution is -2.31. The van der Waals surface area contributed by atoms with Crippen molar-refractivity contribution in [2.75, 3.05) is 20.2 Å². The molecule has 6 nitrogen and oxygen atoms in total. The molecule has 2 rings (SSSR count). The minimum absolute atomic E-state index is 0.0362. The van der Waals surface area contributed by atoms with Crippen LogP contribution in [0.5, 0.6) is 5.75 Å². The van der Waals surface area contributed by atoms with Gasteiger partial charge in [-0.1, -0.05) is 29.8 Å². The lowest BCUT2D eigenvalue weighted by atomic mass is 10.1. The lowest BCUT2D eigenvalue weighted by Gasteiger charge is -2.18. The van der Waals surface area contributed by atoms with E-state index in [2.05, 4.69) is 0 Å². The predicted octanol–water partition coefficient (Wildman–Crippen LogP) is 3.71. The van der Waals surface area contributed by atoms with Crippen LogP contribution in [0.15, 0.2) is 42.5 Å². The van der Waals surface area contributed by atoms with Crippen LogP contribution in [0.25, 0.3) is 0 Å². The van der Waals surface area contributed by atoms with Gasteiger partial charge in [-0.15, -0.1) is 0 Å². The van der Waals surface area contributed by atoms with Gasteiger partial charge >= 0.3 is 0 Å². The van der Waals surface area contributed by atoms with Crippen molar-refractivity contribution in [1.29, 1.82) is 0 Å². The Bertz CT molecular complexity index is 764. The molecule has 0 fully saturated rings. The van der Waals surface area contributed by atoms with Gasteiger partial charge in [-0.2, -0.15) is 0 Å². The monoisotopic (exact) mass is 348 g/mol. The van der Waals surface area contributed by atoms with Crippen LogP contribution in [0, 0.1) is 17.0 Å². The van der Waals surface area contributed by atoms with Crippen molar-refractivity contribution >= 4 is 23.2 Å². The van der Waals surface area contributed by atoms with E-state index >= 15 is 0 Å². The highest BCUT2D eigenvalue weighted by molar-refractivity contribution is 6.31. The molecule has 7 heteroatoms. The highest BCUT2D eigenvalue weighted by Crippen LogP contribution is 2.24. The predicted molar refractivity (Wildman–Crippen MR) is 91.7 cm³/mol. The van der Waals surface area contributed by atoms with Crippen LogP contribution < -0.4 is 4.74 Å². The SMILES string of the molecule is Cc1ccccc1OCCN(C)C(=O)c1cc(Cl)ccc1[N+](=O)[O-]. The number of aryl methyl sites for hydroxylation is 1. The molecule has 126 valence electrons. The van der Waals surface area contributed by atoms with E-state index in [1.807, 2.05) is 31.2 Å². The molecule has 0 N–H and O–H groups in total. The topological polar surface area (TPSA) is 72.7 Å². The van der Waals surface area contributed by atoms with E-state index in [-0.39, 0.29) is 29.4 Å². The molecule has 0 unspecified atom stereocenters. The maximum Gasteiger partial charge on any atom is 0.282 e. The van der Waals surface area contributed by atoms with E-state index in [9.17, 15) is 14.9 Å². The fourth-order valence-electron chi connectivity index (χ4n) is 2.16. The Morgan fingerprint density at radius 3 is 2.67 bits per heavy atom. The van der Waals surface area contributed by atoms with Gasteiger partial charge in [0.1, 0.15) is 17.9 Å². The molecule has 0 aliphatic carbocycles. The molecule has 1 amide bonds. The zero-order chi connectivity index (χ0) is 17.7. The Kier molecular flexibility index (Phi) is 5.76. The number of nitro benzene ring substituents is 1. The average molecular weight is 349 g/mol. The van der Waals surface area contributed by atoms with Crippen LogP contribution in [0.2, 0.25) is 5.02 Å². The molecule has 2 aromatic carbocycles. The van der Waals surface area contributed by atoms with Gasteiger partial charge in [-0.3, -0.25) is 14.9 Å². The fraction of sp³-hybridized carbons (Fsp3) is 0.235. The lowest BCUT2D eigenvalue weighted by molar-refractivity contribution is -0.385. The standard InChI is InChI=1S/C17H17ClN2O4/c1-12-5-3-4-6-16(12)24-10-9-19(2)17(21)14-11-13(18)7-8-15(14)20(22)23/h3-8,11H,9-10H2,1-2H3. The molecule has 0 saturated heterocycles. The third-order valence-corrected chi connectivity index (χ3v) is 3.75. The number of ether oxygens (including phenoxy) is 1. The summed E-state index contributed by atoms with van der Waals surface area (Å²) in [7, 11) is 1.56. The van der Waals surface area contributed by atoms with Crippen LogP contribution in [0.4, 0.5) is 5.69 Å². The maximum absolute atomic E-state index is 12.4. The van der Waals surface area contributed by atoms with Gasteiger partial charge in [-0.05, 0) is 30.7 Å². The Labute approximate surface area is 144 Å². The summed E-state index contributed by atoms with van der Waals surface area (Å²) in [6.45, 7) is 2.50. The normalized spacial score (nSPS) is 10.3. The van der Waals surface area contributed by atoms with Crippen LogP contribution in [-0.4, -0.2) is 35.9 Å². The molecule has 0 saturated carbocycles. The summed E-state index contributed by atoms with van der Waals surface area (Å²) in [5, 5.41) is 11.3. The summed E-state index contributed by atoms with van der Waals surface area (Å²) in [6.07, 6.45) is 0. The average Bonchev–Trinajstić information content (AvgIpc) is 2.55. The number of rotatable bonds is 6. The smallest absolute Gasteiger partial charge is 0.282 e. The van der Waals surface area contributed by atoms with Crippen molar-refractivity contribution in [3.63, 3.8) is 0 Å². The largest absolute Gasteiger partial charge is 0.491 e. The molecule has 0 atom stereocenters. The molecule has 0 aromatic heterocycles. The van der Waals surface area contributed by atoms with Crippen molar-refractivity contribution in [2.24, 2.45) is 0 Å². The third-order valence-electron chi connectivity index (χ3n) is 3.51. The number of hydrogen-bond donors (Lipinski definition) is 0. The highest BCUT2D eigenvalue weighted by atomic mass is 35.5. The quantitative estimate of drug-likeness (QED) is 0.589. The summed E-state index contributed by atoms with van der Waals surface area (Å²) < 4.78 is 5.64. The number of halogens is 1. The van der Waals surface area contributed by atoms with Crippen molar-refractivity contribution < 1.29 is 14.5 Å². The number of carbonyl (C=O) groups excluding carboxylic acids is 1. The number of hydrogen-bond acceptors (Lipinski definition) is 4. The Morgan fingerprint density at radius 1 is 1.29 bits per heavy atom. The summed E-state index contributed by atoms with van der Waals surface area (Å²) in [6, 6.07) is 11.5. The summed E-state index contributed by atoms with van der Waals surface area (Å²) in [5.41, 5.74) is 0.693. The van der Waals surface area contributed by atoms with Gasteiger partial charge in [0.25, 0.3) is 11.6 Å². The Hall–Kier alpha value is -2.60. The summed E-state index contributed by atoms with van der Waals surface area (Å²) in [5.74, 6) is 0.268. The zero-order valence-corrected chi connectivity index (χ0v) is 14.1. The minimum atomic E-state index is -0.596. The summed E-state index contributed by atoms with van der Waals surface area (Å²) >= 11 is 5.85. The van der Waals surface area contributed by atoms with Crippen LogP contribution >= 0.6 is 11.6 Å². The molecular weight excluding hydrogens is 332 g/mol. The molecule has 0 heterocycles. The van der Waals surface area contributed by atoms with E-state index in [1.165, 1.54) is 23.1 Å². The molecule has 0 spiro atoms.